The first-order valence-corrected chi connectivity index (χ1v) is 6.93. The highest BCUT2D eigenvalue weighted by atomic mass is 16.5. The number of hydrogen-bond acceptors (Lipinski definition) is 2. The zero-order valence-electron chi connectivity index (χ0n) is 12.4. The zero-order valence-corrected chi connectivity index (χ0v) is 12.4. The third kappa shape index (κ3) is 5.54. The molecular weight excluding hydrogens is 222 g/mol. The van der Waals surface area contributed by atoms with E-state index in [4.69, 9.17) is 4.74 Å². The molecule has 0 aliphatic carbocycles. The molecule has 0 aromatic heterocycles. The summed E-state index contributed by atoms with van der Waals surface area (Å²) in [5, 5.41) is 3.44. The van der Waals surface area contributed by atoms with Crippen molar-refractivity contribution in [1.29, 1.82) is 0 Å². The molecule has 0 aliphatic heterocycles. The molecular formula is C16H27NO. The third-order valence-corrected chi connectivity index (χ3v) is 2.99. The van der Waals surface area contributed by atoms with Gasteiger partial charge in [-0.2, -0.15) is 0 Å². The summed E-state index contributed by atoms with van der Waals surface area (Å²) in [4.78, 5) is 0. The van der Waals surface area contributed by atoms with Gasteiger partial charge in [0, 0.05) is 6.54 Å². The molecule has 0 saturated carbocycles. The Balaban J connectivity index is 2.33. The van der Waals surface area contributed by atoms with Crippen molar-refractivity contribution < 1.29 is 4.74 Å². The molecule has 0 spiro atoms. The lowest BCUT2D eigenvalue weighted by Crippen LogP contribution is -2.30. The summed E-state index contributed by atoms with van der Waals surface area (Å²) >= 11 is 0. The van der Waals surface area contributed by atoms with Crippen molar-refractivity contribution in [3.8, 4) is 5.75 Å². The summed E-state index contributed by atoms with van der Waals surface area (Å²) in [7, 11) is 0. The molecule has 1 atom stereocenters. The average Bonchev–Trinajstić information content (AvgIpc) is 2.28. The van der Waals surface area contributed by atoms with Crippen LogP contribution in [0.4, 0.5) is 0 Å². The van der Waals surface area contributed by atoms with E-state index >= 15 is 0 Å². The van der Waals surface area contributed by atoms with Gasteiger partial charge in [-0.3, -0.25) is 0 Å². The molecule has 0 heterocycles. The molecule has 0 aliphatic rings. The highest BCUT2D eigenvalue weighted by Gasteiger charge is 2.06. The molecule has 0 fully saturated rings. The van der Waals surface area contributed by atoms with Crippen LogP contribution in [0, 0.1) is 19.8 Å². The van der Waals surface area contributed by atoms with Crippen LogP contribution in [0.5, 0.6) is 5.75 Å². The van der Waals surface area contributed by atoms with Gasteiger partial charge < -0.3 is 10.1 Å². The Morgan fingerprint density at radius 3 is 2.50 bits per heavy atom. The van der Waals surface area contributed by atoms with Crippen molar-refractivity contribution in [2.45, 2.75) is 47.1 Å². The van der Waals surface area contributed by atoms with Crippen LogP contribution >= 0.6 is 0 Å². The van der Waals surface area contributed by atoms with E-state index in [-0.39, 0.29) is 6.10 Å². The van der Waals surface area contributed by atoms with Crippen LogP contribution in [0.1, 0.15) is 38.3 Å². The molecule has 1 unspecified atom stereocenters. The van der Waals surface area contributed by atoms with Crippen molar-refractivity contribution in [3.05, 3.63) is 29.3 Å². The molecule has 1 N–H and O–H groups in total. The van der Waals surface area contributed by atoms with Crippen LogP contribution < -0.4 is 10.1 Å². The van der Waals surface area contributed by atoms with E-state index in [2.05, 4.69) is 58.1 Å². The van der Waals surface area contributed by atoms with E-state index in [0.717, 1.165) is 24.8 Å². The van der Waals surface area contributed by atoms with Gasteiger partial charge in [0.2, 0.25) is 0 Å². The summed E-state index contributed by atoms with van der Waals surface area (Å²) < 4.78 is 5.94. The van der Waals surface area contributed by atoms with Gasteiger partial charge in [0.05, 0.1) is 0 Å². The Bertz CT molecular complexity index is 360. The molecule has 18 heavy (non-hydrogen) atoms. The fraction of sp³-hybridized carbons (Fsp3) is 0.625. The first kappa shape index (κ1) is 15.0. The van der Waals surface area contributed by atoms with Crippen LogP contribution in [0.3, 0.4) is 0 Å². The van der Waals surface area contributed by atoms with Crippen LogP contribution in [0.2, 0.25) is 0 Å². The van der Waals surface area contributed by atoms with Crippen LogP contribution in [-0.4, -0.2) is 19.2 Å². The quantitative estimate of drug-likeness (QED) is 0.744. The maximum Gasteiger partial charge on any atom is 0.122 e. The van der Waals surface area contributed by atoms with Crippen molar-refractivity contribution in [3.63, 3.8) is 0 Å². The fourth-order valence-corrected chi connectivity index (χ4v) is 1.89. The van der Waals surface area contributed by atoms with E-state index in [1.54, 1.807) is 0 Å². The molecule has 2 nitrogen and oxygen atoms in total. The minimum absolute atomic E-state index is 0.207. The summed E-state index contributed by atoms with van der Waals surface area (Å²) in [6.45, 7) is 12.8. The minimum Gasteiger partial charge on any atom is -0.489 e. The summed E-state index contributed by atoms with van der Waals surface area (Å²) in [6, 6.07) is 6.32. The number of aryl methyl sites for hydroxylation is 2. The molecule has 1 aromatic rings. The van der Waals surface area contributed by atoms with Gasteiger partial charge >= 0.3 is 0 Å². The highest BCUT2D eigenvalue weighted by molar-refractivity contribution is 5.35. The first-order valence-electron chi connectivity index (χ1n) is 6.93. The molecule has 0 amide bonds. The highest BCUT2D eigenvalue weighted by Crippen LogP contribution is 2.19. The second kappa shape index (κ2) is 7.42. The molecule has 0 saturated heterocycles. The van der Waals surface area contributed by atoms with Crippen molar-refractivity contribution in [1.82, 2.24) is 5.32 Å². The predicted molar refractivity (Wildman–Crippen MR) is 78.3 cm³/mol. The fourth-order valence-electron chi connectivity index (χ4n) is 1.89. The van der Waals surface area contributed by atoms with Crippen LogP contribution in [-0.2, 0) is 0 Å². The molecule has 2 heteroatoms. The van der Waals surface area contributed by atoms with Crippen LogP contribution in [0.15, 0.2) is 18.2 Å². The lowest BCUT2D eigenvalue weighted by atomic mass is 10.1. The van der Waals surface area contributed by atoms with Gasteiger partial charge in [-0.15, -0.1) is 0 Å². The Morgan fingerprint density at radius 2 is 1.89 bits per heavy atom. The van der Waals surface area contributed by atoms with Gasteiger partial charge in [0.15, 0.2) is 0 Å². The largest absolute Gasteiger partial charge is 0.489 e. The number of ether oxygens (including phenoxy) is 1. The lowest BCUT2D eigenvalue weighted by Gasteiger charge is -2.17. The Morgan fingerprint density at radius 1 is 1.17 bits per heavy atom. The monoisotopic (exact) mass is 249 g/mol. The van der Waals surface area contributed by atoms with E-state index in [0.29, 0.717) is 0 Å². The van der Waals surface area contributed by atoms with Crippen molar-refractivity contribution in [2.75, 3.05) is 13.1 Å². The summed E-state index contributed by atoms with van der Waals surface area (Å²) in [6.07, 6.45) is 1.43. The second-order valence-electron chi connectivity index (χ2n) is 5.58. The second-order valence-corrected chi connectivity index (χ2v) is 5.58. The topological polar surface area (TPSA) is 21.3 Å². The number of hydrogen-bond donors (Lipinski definition) is 1. The average molecular weight is 249 g/mol. The third-order valence-electron chi connectivity index (χ3n) is 2.99. The minimum atomic E-state index is 0.207. The number of rotatable bonds is 7. The molecule has 102 valence electrons. The van der Waals surface area contributed by atoms with Gasteiger partial charge in [-0.1, -0.05) is 31.5 Å². The maximum absolute atomic E-state index is 5.94. The predicted octanol–water partition coefficient (Wildman–Crippen LogP) is 3.71. The Hall–Kier alpha value is -1.02. The normalized spacial score (nSPS) is 12.8. The van der Waals surface area contributed by atoms with Crippen molar-refractivity contribution >= 4 is 0 Å². The zero-order chi connectivity index (χ0) is 13.5. The molecule has 1 rings (SSSR count). The smallest absolute Gasteiger partial charge is 0.122 e. The van der Waals surface area contributed by atoms with Gasteiger partial charge in [-0.25, -0.2) is 0 Å². The van der Waals surface area contributed by atoms with E-state index in [1.165, 1.54) is 17.5 Å². The Labute approximate surface area is 112 Å². The van der Waals surface area contributed by atoms with Crippen LogP contribution in [0.25, 0.3) is 0 Å². The maximum atomic E-state index is 5.94. The lowest BCUT2D eigenvalue weighted by molar-refractivity contribution is 0.215. The summed E-state index contributed by atoms with van der Waals surface area (Å²) in [5.74, 6) is 1.76. The van der Waals surface area contributed by atoms with Gasteiger partial charge in [0.1, 0.15) is 11.9 Å². The molecule has 1 aromatic carbocycles. The van der Waals surface area contributed by atoms with Crippen molar-refractivity contribution in [2.24, 2.45) is 5.92 Å². The molecule has 0 bridgehead atoms. The number of nitrogens with one attached hydrogen (secondary N) is 1. The number of benzene rings is 1. The SMILES string of the molecule is Cc1ccc(OC(C)CNCCC(C)C)c(C)c1. The van der Waals surface area contributed by atoms with E-state index < -0.39 is 0 Å². The first-order chi connectivity index (χ1) is 8.49. The summed E-state index contributed by atoms with van der Waals surface area (Å²) in [5.41, 5.74) is 2.49. The van der Waals surface area contributed by atoms with Gasteiger partial charge in [-0.05, 0) is 51.3 Å². The molecule has 0 radical (unpaired) electrons. The van der Waals surface area contributed by atoms with E-state index in [1.807, 2.05) is 0 Å². The standard InChI is InChI=1S/C16H27NO/c1-12(2)8-9-17-11-15(5)18-16-7-6-13(3)10-14(16)4/h6-7,10,12,15,17H,8-9,11H2,1-5H3. The van der Waals surface area contributed by atoms with Gasteiger partial charge in [0.25, 0.3) is 0 Å². The van der Waals surface area contributed by atoms with E-state index in [9.17, 15) is 0 Å². The Kier molecular flexibility index (Phi) is 6.20.